The maximum Gasteiger partial charge on any atom is 0.411 e. The van der Waals surface area contributed by atoms with Crippen molar-refractivity contribution < 1.29 is 14.3 Å². The Kier molecular flexibility index (Phi) is 5.38. The zero-order valence-electron chi connectivity index (χ0n) is 10.3. The molecule has 0 aliphatic rings. The minimum absolute atomic E-state index is 0.154. The predicted octanol–water partition coefficient (Wildman–Crippen LogP) is 2.31. The normalized spacial score (nSPS) is 9.94. The van der Waals surface area contributed by atoms with Crippen LogP contribution in [0.5, 0.6) is 5.75 Å². The van der Waals surface area contributed by atoms with E-state index in [1.807, 2.05) is 0 Å². The molecular weight excluding hydrogens is 252 g/mol. The van der Waals surface area contributed by atoms with Crippen molar-refractivity contribution in [3.8, 4) is 5.75 Å². The third-order valence-corrected chi connectivity index (χ3v) is 1.94. The van der Waals surface area contributed by atoms with Gasteiger partial charge in [-0.05, 0) is 38.1 Å². The molecule has 1 aromatic rings. The number of amides is 1. The summed E-state index contributed by atoms with van der Waals surface area (Å²) in [5.41, 5.74) is 5.94. The van der Waals surface area contributed by atoms with Crippen molar-refractivity contribution in [2.75, 3.05) is 11.9 Å². The fourth-order valence-electron chi connectivity index (χ4n) is 1.15. The summed E-state index contributed by atoms with van der Waals surface area (Å²) < 4.78 is 10.2. The summed E-state index contributed by atoms with van der Waals surface area (Å²) in [6.07, 6.45) is -0.639. The maximum atomic E-state index is 11.3. The van der Waals surface area contributed by atoms with Crippen LogP contribution in [0.25, 0.3) is 0 Å². The number of nitrogens with one attached hydrogen (secondary N) is 1. The monoisotopic (exact) mass is 268 g/mol. The zero-order valence-corrected chi connectivity index (χ0v) is 11.1. The number of benzene rings is 1. The van der Waals surface area contributed by atoms with Crippen LogP contribution in [0.4, 0.5) is 10.5 Å². The molecule has 3 N–H and O–H groups in total. The first kappa shape index (κ1) is 14.2. The Balaban J connectivity index is 2.49. The highest BCUT2D eigenvalue weighted by molar-refractivity contribution is 7.80. The molecule has 0 atom stereocenters. The van der Waals surface area contributed by atoms with Crippen LogP contribution in [-0.4, -0.2) is 23.8 Å². The summed E-state index contributed by atoms with van der Waals surface area (Å²) in [6.45, 7) is 3.76. The molecule has 18 heavy (non-hydrogen) atoms. The van der Waals surface area contributed by atoms with E-state index in [-0.39, 0.29) is 17.7 Å². The number of carbonyl (C=O) groups is 1. The van der Waals surface area contributed by atoms with Gasteiger partial charge in [0.1, 0.15) is 17.3 Å². The van der Waals surface area contributed by atoms with Gasteiger partial charge in [0.25, 0.3) is 0 Å². The minimum Gasteiger partial charge on any atom is -0.487 e. The van der Waals surface area contributed by atoms with Crippen LogP contribution in [0.15, 0.2) is 24.3 Å². The molecule has 0 aliphatic heterocycles. The number of hydrogen-bond donors (Lipinski definition) is 2. The summed E-state index contributed by atoms with van der Waals surface area (Å²) in [4.78, 5) is 11.6. The third kappa shape index (κ3) is 5.49. The van der Waals surface area contributed by atoms with Gasteiger partial charge in [-0.1, -0.05) is 12.2 Å². The SMILES string of the molecule is CC(C)OC(=O)Nc1ccc(OCC(N)=S)cc1. The molecule has 0 saturated heterocycles. The first-order valence-electron chi connectivity index (χ1n) is 5.46. The van der Waals surface area contributed by atoms with Crippen molar-refractivity contribution in [1.29, 1.82) is 0 Å². The van der Waals surface area contributed by atoms with E-state index in [4.69, 9.17) is 27.4 Å². The number of hydrogen-bond acceptors (Lipinski definition) is 4. The summed E-state index contributed by atoms with van der Waals surface area (Å²) in [5, 5.41) is 2.60. The van der Waals surface area contributed by atoms with Gasteiger partial charge in [0, 0.05) is 5.69 Å². The second-order valence-electron chi connectivity index (χ2n) is 3.86. The molecule has 98 valence electrons. The van der Waals surface area contributed by atoms with Crippen molar-refractivity contribution in [3.05, 3.63) is 24.3 Å². The summed E-state index contributed by atoms with van der Waals surface area (Å²) in [7, 11) is 0. The lowest BCUT2D eigenvalue weighted by Crippen LogP contribution is -2.18. The first-order chi connectivity index (χ1) is 8.47. The molecule has 0 unspecified atom stereocenters. The van der Waals surface area contributed by atoms with Crippen molar-refractivity contribution >= 4 is 29.0 Å². The summed E-state index contributed by atoms with van der Waals surface area (Å²) >= 11 is 4.70. The largest absolute Gasteiger partial charge is 0.487 e. The lowest BCUT2D eigenvalue weighted by Gasteiger charge is -2.10. The number of carbonyl (C=O) groups excluding carboxylic acids is 1. The number of thiocarbonyl (C=S) groups is 1. The molecule has 1 amide bonds. The Bertz CT molecular complexity index is 418. The average molecular weight is 268 g/mol. The molecule has 0 radical (unpaired) electrons. The molecule has 6 heteroatoms. The fraction of sp³-hybridized carbons (Fsp3) is 0.333. The second kappa shape index (κ2) is 6.80. The Morgan fingerprint density at radius 2 is 2.00 bits per heavy atom. The van der Waals surface area contributed by atoms with Crippen LogP contribution in [0, 0.1) is 0 Å². The van der Waals surface area contributed by atoms with Crippen LogP contribution < -0.4 is 15.8 Å². The van der Waals surface area contributed by atoms with Crippen LogP contribution in [0.2, 0.25) is 0 Å². The molecule has 0 saturated carbocycles. The predicted molar refractivity (Wildman–Crippen MR) is 74.0 cm³/mol. The Hall–Kier alpha value is -1.82. The van der Waals surface area contributed by atoms with Gasteiger partial charge in [-0.2, -0.15) is 0 Å². The van der Waals surface area contributed by atoms with Crippen LogP contribution in [-0.2, 0) is 4.74 Å². The fourth-order valence-corrected chi connectivity index (χ4v) is 1.21. The van der Waals surface area contributed by atoms with Crippen LogP contribution in [0.1, 0.15) is 13.8 Å². The Labute approximate surface area is 111 Å². The molecule has 0 aliphatic carbocycles. The van der Waals surface area contributed by atoms with E-state index in [9.17, 15) is 4.79 Å². The zero-order chi connectivity index (χ0) is 13.5. The van der Waals surface area contributed by atoms with Crippen molar-refractivity contribution in [2.45, 2.75) is 20.0 Å². The topological polar surface area (TPSA) is 73.6 Å². The summed E-state index contributed by atoms with van der Waals surface area (Å²) in [5.74, 6) is 0.630. The molecule has 1 aromatic carbocycles. The number of anilines is 1. The molecular formula is C12H16N2O3S. The van der Waals surface area contributed by atoms with Crippen LogP contribution in [0.3, 0.4) is 0 Å². The van der Waals surface area contributed by atoms with Gasteiger partial charge in [-0.25, -0.2) is 4.79 Å². The quantitative estimate of drug-likeness (QED) is 0.802. The average Bonchev–Trinajstić information content (AvgIpc) is 2.26. The number of ether oxygens (including phenoxy) is 2. The van der Waals surface area contributed by atoms with Gasteiger partial charge in [0.05, 0.1) is 6.10 Å². The molecule has 0 heterocycles. The standard InChI is InChI=1S/C12H16N2O3S/c1-8(2)17-12(15)14-9-3-5-10(6-4-9)16-7-11(13)18/h3-6,8H,7H2,1-2H3,(H2,13,18)(H,14,15). The molecule has 0 aromatic heterocycles. The third-order valence-electron chi connectivity index (χ3n) is 1.82. The molecule has 1 rings (SSSR count). The Morgan fingerprint density at radius 1 is 1.39 bits per heavy atom. The van der Waals surface area contributed by atoms with Gasteiger partial charge >= 0.3 is 6.09 Å². The highest BCUT2D eigenvalue weighted by Crippen LogP contribution is 2.15. The second-order valence-corrected chi connectivity index (χ2v) is 4.38. The molecule has 5 nitrogen and oxygen atoms in total. The number of nitrogens with two attached hydrogens (primary N) is 1. The number of rotatable bonds is 5. The lowest BCUT2D eigenvalue weighted by molar-refractivity contribution is 0.130. The van der Waals surface area contributed by atoms with E-state index in [1.165, 1.54) is 0 Å². The summed E-state index contributed by atoms with van der Waals surface area (Å²) in [6, 6.07) is 6.83. The molecule has 0 fully saturated rings. The van der Waals surface area contributed by atoms with Crippen molar-refractivity contribution in [3.63, 3.8) is 0 Å². The minimum atomic E-state index is -0.484. The van der Waals surface area contributed by atoms with Gasteiger partial charge in [0.15, 0.2) is 0 Å². The van der Waals surface area contributed by atoms with E-state index in [2.05, 4.69) is 5.32 Å². The lowest BCUT2D eigenvalue weighted by atomic mass is 10.3. The maximum absolute atomic E-state index is 11.3. The van der Waals surface area contributed by atoms with E-state index in [0.717, 1.165) is 0 Å². The van der Waals surface area contributed by atoms with E-state index in [1.54, 1.807) is 38.1 Å². The first-order valence-corrected chi connectivity index (χ1v) is 5.87. The molecule has 0 bridgehead atoms. The van der Waals surface area contributed by atoms with Crippen molar-refractivity contribution in [2.24, 2.45) is 5.73 Å². The van der Waals surface area contributed by atoms with E-state index < -0.39 is 6.09 Å². The van der Waals surface area contributed by atoms with Gasteiger partial charge in [-0.15, -0.1) is 0 Å². The van der Waals surface area contributed by atoms with Gasteiger partial charge < -0.3 is 15.2 Å². The Morgan fingerprint density at radius 3 is 2.50 bits per heavy atom. The van der Waals surface area contributed by atoms with Crippen molar-refractivity contribution in [1.82, 2.24) is 0 Å². The highest BCUT2D eigenvalue weighted by Gasteiger charge is 2.05. The van der Waals surface area contributed by atoms with Gasteiger partial charge in [-0.3, -0.25) is 5.32 Å². The van der Waals surface area contributed by atoms with Crippen LogP contribution >= 0.6 is 12.2 Å². The highest BCUT2D eigenvalue weighted by atomic mass is 32.1. The van der Waals surface area contributed by atoms with E-state index in [0.29, 0.717) is 11.4 Å². The molecule has 0 spiro atoms. The van der Waals surface area contributed by atoms with E-state index >= 15 is 0 Å². The van der Waals surface area contributed by atoms with Gasteiger partial charge in [0.2, 0.25) is 0 Å². The smallest absolute Gasteiger partial charge is 0.411 e.